The van der Waals surface area contributed by atoms with Crippen LogP contribution in [0.3, 0.4) is 0 Å². The van der Waals surface area contributed by atoms with Gasteiger partial charge in [0.2, 0.25) is 11.0 Å². The summed E-state index contributed by atoms with van der Waals surface area (Å²) >= 11 is 0. The van der Waals surface area contributed by atoms with Crippen LogP contribution in [0.5, 0.6) is 0 Å². The number of hydrogen-bond donors (Lipinski definition) is 1. The molecule has 0 amide bonds. The molecule has 1 aliphatic heterocycles. The molecule has 5 unspecified atom stereocenters. The van der Waals surface area contributed by atoms with E-state index in [1.807, 2.05) is 24.3 Å². The first-order valence-corrected chi connectivity index (χ1v) is 11.3. The highest BCUT2D eigenvalue weighted by molar-refractivity contribution is 7.77. The number of rotatable bonds is 6. The summed E-state index contributed by atoms with van der Waals surface area (Å²) in [5.41, 5.74) is 2.20. The monoisotopic (exact) mass is 407 g/mol. The molecule has 2 aliphatic rings. The molecule has 4 nitrogen and oxygen atoms in total. The zero-order chi connectivity index (χ0) is 19.9. The van der Waals surface area contributed by atoms with Crippen LogP contribution in [-0.4, -0.2) is 40.8 Å². The number of halogens is 2. The van der Waals surface area contributed by atoms with E-state index in [0.29, 0.717) is 25.2 Å². The summed E-state index contributed by atoms with van der Waals surface area (Å²) in [5.74, 6) is -0.655. The van der Waals surface area contributed by atoms with Crippen molar-refractivity contribution in [1.82, 2.24) is 0 Å². The minimum absolute atomic E-state index is 0.126. The molecule has 2 N–H and O–H groups in total. The fourth-order valence-corrected chi connectivity index (χ4v) is 5.35. The molecule has 5 atom stereocenters. The molecule has 1 heterocycles. The fraction of sp³-hybridized carbons (Fsp3) is 0.429. The van der Waals surface area contributed by atoms with Crippen molar-refractivity contribution in [2.75, 3.05) is 25.9 Å². The zero-order valence-electron chi connectivity index (χ0n) is 15.8. The maximum Gasteiger partial charge on any atom is 0.200 e. The molecule has 0 bridgehead atoms. The minimum Gasteiger partial charge on any atom is -0.633 e. The molecule has 4 rings (SSSR count). The molecular weight excluding hydrogens is 382 g/mol. The Balaban J connectivity index is 1.48. The minimum atomic E-state index is -0.987. The normalized spacial score (nSPS) is 30.4. The van der Waals surface area contributed by atoms with E-state index in [1.165, 1.54) is 12.1 Å². The second kappa shape index (κ2) is 7.63. The third-order valence-corrected chi connectivity index (χ3v) is 6.70. The van der Waals surface area contributed by atoms with Crippen LogP contribution in [0.2, 0.25) is 0 Å². The SMILES string of the molecule is CS(=O)[NH2+]C1CC[N+]([O-])(CC2CC2c2ccccc2-c2ccc(F)cc2F)C1. The molecule has 1 aliphatic carbocycles. The molecule has 1 saturated carbocycles. The van der Waals surface area contributed by atoms with Crippen LogP contribution in [0.1, 0.15) is 24.3 Å². The van der Waals surface area contributed by atoms with Gasteiger partial charge in [-0.25, -0.2) is 8.78 Å². The Morgan fingerprint density at radius 3 is 2.75 bits per heavy atom. The lowest BCUT2D eigenvalue weighted by atomic mass is 9.95. The number of nitrogens with two attached hydrogens (primary N) is 1. The van der Waals surface area contributed by atoms with Crippen molar-refractivity contribution < 1.29 is 22.4 Å². The molecule has 0 aromatic heterocycles. The van der Waals surface area contributed by atoms with Gasteiger partial charge in [0.25, 0.3) is 0 Å². The molecular formula is C21H25F2N2O2S+. The number of hydrogen-bond acceptors (Lipinski definition) is 2. The van der Waals surface area contributed by atoms with Crippen LogP contribution in [0.15, 0.2) is 42.5 Å². The standard InChI is InChI=1S/C21H24F2N2O2S/c1-28(27)24-16-8-9-25(26,13-16)12-14-10-20(14)18-5-3-2-4-17(18)19-7-6-15(22)11-21(19)23/h2-7,11,14,16,20,24H,8-10,12-13H2,1H3/p+1. The number of likely N-dealkylation sites (tertiary alicyclic amines) is 1. The molecule has 2 fully saturated rings. The first-order valence-electron chi connectivity index (χ1n) is 9.63. The van der Waals surface area contributed by atoms with Gasteiger partial charge in [-0.15, -0.1) is 0 Å². The Bertz CT molecular complexity index is 910. The van der Waals surface area contributed by atoms with E-state index in [1.54, 1.807) is 11.0 Å². The van der Waals surface area contributed by atoms with Crippen LogP contribution in [-0.2, 0) is 11.0 Å². The van der Waals surface area contributed by atoms with Crippen molar-refractivity contribution in [3.05, 3.63) is 64.9 Å². The van der Waals surface area contributed by atoms with Gasteiger partial charge in [-0.05, 0) is 35.6 Å². The van der Waals surface area contributed by atoms with Gasteiger partial charge in [0.05, 0.1) is 25.8 Å². The molecule has 1 saturated heterocycles. The van der Waals surface area contributed by atoms with Crippen LogP contribution in [0.4, 0.5) is 8.78 Å². The first-order chi connectivity index (χ1) is 13.3. The maximum atomic E-state index is 14.3. The third-order valence-electron chi connectivity index (χ3n) is 5.93. The molecule has 2 aromatic carbocycles. The first kappa shape index (κ1) is 19.6. The summed E-state index contributed by atoms with van der Waals surface area (Å²) in [6, 6.07) is 11.4. The summed E-state index contributed by atoms with van der Waals surface area (Å²) in [5, 5.41) is 13.1. The lowest BCUT2D eigenvalue weighted by Crippen LogP contribution is -2.90. The van der Waals surface area contributed by atoms with E-state index in [2.05, 4.69) is 0 Å². The molecule has 150 valence electrons. The van der Waals surface area contributed by atoms with E-state index in [0.717, 1.165) is 30.0 Å². The van der Waals surface area contributed by atoms with Crippen molar-refractivity contribution >= 4 is 11.0 Å². The summed E-state index contributed by atoms with van der Waals surface area (Å²) < 4.78 is 40.5. The van der Waals surface area contributed by atoms with Crippen molar-refractivity contribution in [2.45, 2.75) is 24.8 Å². The Labute approximate surface area is 166 Å². The average Bonchev–Trinajstić information content (AvgIpc) is 3.28. The smallest absolute Gasteiger partial charge is 0.200 e. The van der Waals surface area contributed by atoms with Crippen molar-refractivity contribution in [3.8, 4) is 11.1 Å². The number of nitrogens with zero attached hydrogens (tertiary/aromatic N) is 1. The van der Waals surface area contributed by atoms with Gasteiger partial charge in [0.15, 0.2) is 6.04 Å². The Kier molecular flexibility index (Phi) is 5.35. The van der Waals surface area contributed by atoms with Crippen LogP contribution in [0, 0.1) is 22.8 Å². The summed E-state index contributed by atoms with van der Waals surface area (Å²) in [4.78, 5) is 0. The fourth-order valence-electron chi connectivity index (χ4n) is 4.59. The molecule has 0 radical (unpaired) electrons. The maximum absolute atomic E-state index is 14.3. The van der Waals surface area contributed by atoms with Gasteiger partial charge in [0, 0.05) is 17.5 Å². The number of benzene rings is 2. The van der Waals surface area contributed by atoms with E-state index in [9.17, 15) is 18.2 Å². The summed E-state index contributed by atoms with van der Waals surface area (Å²) in [7, 11) is -0.987. The number of hydroxylamine groups is 3. The lowest BCUT2D eigenvalue weighted by Gasteiger charge is -2.38. The lowest BCUT2D eigenvalue weighted by molar-refractivity contribution is -0.876. The third kappa shape index (κ3) is 4.17. The molecule has 28 heavy (non-hydrogen) atoms. The Hall–Kier alpha value is -1.67. The average molecular weight is 408 g/mol. The van der Waals surface area contributed by atoms with Gasteiger partial charge < -0.3 is 9.85 Å². The molecule has 0 spiro atoms. The predicted molar refractivity (Wildman–Crippen MR) is 105 cm³/mol. The highest BCUT2D eigenvalue weighted by atomic mass is 32.2. The summed E-state index contributed by atoms with van der Waals surface area (Å²) in [6.45, 7) is 1.61. The van der Waals surface area contributed by atoms with E-state index in [4.69, 9.17) is 0 Å². The van der Waals surface area contributed by atoms with Crippen molar-refractivity contribution in [2.24, 2.45) is 5.92 Å². The number of quaternary nitrogens is 2. The summed E-state index contributed by atoms with van der Waals surface area (Å²) in [6.07, 6.45) is 3.34. The Morgan fingerprint density at radius 2 is 2.00 bits per heavy atom. The largest absolute Gasteiger partial charge is 0.633 e. The van der Waals surface area contributed by atoms with Gasteiger partial charge >= 0.3 is 0 Å². The quantitative estimate of drug-likeness (QED) is 0.591. The van der Waals surface area contributed by atoms with E-state index < -0.39 is 22.6 Å². The topological polar surface area (TPSA) is 56.7 Å². The molecule has 2 aromatic rings. The van der Waals surface area contributed by atoms with Crippen molar-refractivity contribution in [3.63, 3.8) is 0 Å². The van der Waals surface area contributed by atoms with E-state index in [-0.39, 0.29) is 22.5 Å². The van der Waals surface area contributed by atoms with Gasteiger partial charge in [-0.3, -0.25) is 4.72 Å². The van der Waals surface area contributed by atoms with Gasteiger partial charge in [-0.2, -0.15) is 4.21 Å². The zero-order valence-corrected chi connectivity index (χ0v) is 16.6. The molecule has 7 heteroatoms. The second-order valence-corrected chi connectivity index (χ2v) is 9.41. The van der Waals surface area contributed by atoms with Crippen LogP contribution >= 0.6 is 0 Å². The van der Waals surface area contributed by atoms with Gasteiger partial charge in [0.1, 0.15) is 18.2 Å². The Morgan fingerprint density at radius 1 is 1.21 bits per heavy atom. The van der Waals surface area contributed by atoms with Crippen LogP contribution < -0.4 is 4.72 Å². The van der Waals surface area contributed by atoms with E-state index >= 15 is 0 Å². The second-order valence-electron chi connectivity index (χ2n) is 8.14. The highest BCUT2D eigenvalue weighted by Crippen LogP contribution is 2.51. The highest BCUT2D eigenvalue weighted by Gasteiger charge is 2.46. The van der Waals surface area contributed by atoms with Gasteiger partial charge in [-0.1, -0.05) is 24.3 Å². The van der Waals surface area contributed by atoms with Crippen molar-refractivity contribution in [1.29, 1.82) is 0 Å². The van der Waals surface area contributed by atoms with Crippen LogP contribution in [0.25, 0.3) is 11.1 Å². The predicted octanol–water partition coefficient (Wildman–Crippen LogP) is 2.68.